The lowest BCUT2D eigenvalue weighted by Gasteiger charge is -2.14. The lowest BCUT2D eigenvalue weighted by molar-refractivity contribution is -0.116. The third-order valence-electron chi connectivity index (χ3n) is 5.86. The van der Waals surface area contributed by atoms with Crippen LogP contribution in [0.1, 0.15) is 35.7 Å². The second-order valence-electron chi connectivity index (χ2n) is 7.97. The maximum Gasteiger partial charge on any atom is 0.279 e. The first-order chi connectivity index (χ1) is 15.4. The SMILES string of the molecule is CCn1c(C)c(CCC(=O)Nc2ccc(C)c(C)c2)c(=O)n2nc(-c3ccccc3)nc12. The van der Waals surface area contributed by atoms with E-state index in [-0.39, 0.29) is 17.9 Å². The number of hydrogen-bond acceptors (Lipinski definition) is 4. The standard InChI is InChI=1S/C25H27N5O2/c1-5-29-18(4)21(13-14-22(31)26-20-12-11-16(2)17(3)15-20)24(32)30-25(29)27-23(28-30)19-9-7-6-8-10-19/h6-12,15H,5,13-14H2,1-4H3,(H,26,31). The predicted molar refractivity (Wildman–Crippen MR) is 126 cm³/mol. The number of anilines is 1. The van der Waals surface area contributed by atoms with Crippen molar-refractivity contribution in [2.75, 3.05) is 5.32 Å². The van der Waals surface area contributed by atoms with Gasteiger partial charge in [0.2, 0.25) is 11.7 Å². The molecule has 164 valence electrons. The third-order valence-corrected chi connectivity index (χ3v) is 5.86. The number of carbonyl (C=O) groups is 1. The Morgan fingerprint density at radius 1 is 1.03 bits per heavy atom. The number of aryl methyl sites for hydroxylation is 3. The number of nitrogens with one attached hydrogen (secondary N) is 1. The fraction of sp³-hybridized carbons (Fsp3) is 0.280. The van der Waals surface area contributed by atoms with Crippen molar-refractivity contribution in [3.05, 3.63) is 81.3 Å². The van der Waals surface area contributed by atoms with Crippen LogP contribution in [0.5, 0.6) is 0 Å². The van der Waals surface area contributed by atoms with Crippen LogP contribution in [0, 0.1) is 20.8 Å². The summed E-state index contributed by atoms with van der Waals surface area (Å²) in [6.07, 6.45) is 0.538. The average molecular weight is 430 g/mol. The number of aromatic nitrogens is 4. The van der Waals surface area contributed by atoms with Crippen molar-refractivity contribution in [1.82, 2.24) is 19.2 Å². The molecule has 0 aliphatic rings. The Balaban J connectivity index is 1.62. The summed E-state index contributed by atoms with van der Waals surface area (Å²) in [5.41, 5.74) is 5.08. The topological polar surface area (TPSA) is 81.3 Å². The number of hydrogen-bond donors (Lipinski definition) is 1. The molecule has 7 heteroatoms. The summed E-state index contributed by atoms with van der Waals surface area (Å²) in [6.45, 7) is 8.60. The van der Waals surface area contributed by atoms with E-state index in [9.17, 15) is 9.59 Å². The number of rotatable bonds is 6. The summed E-state index contributed by atoms with van der Waals surface area (Å²) in [5.74, 6) is 0.893. The lowest BCUT2D eigenvalue weighted by Crippen LogP contribution is -2.27. The van der Waals surface area contributed by atoms with Crippen molar-refractivity contribution in [1.29, 1.82) is 0 Å². The van der Waals surface area contributed by atoms with E-state index < -0.39 is 0 Å². The minimum Gasteiger partial charge on any atom is -0.326 e. The van der Waals surface area contributed by atoms with Gasteiger partial charge < -0.3 is 9.88 Å². The van der Waals surface area contributed by atoms with E-state index in [1.165, 1.54) is 10.1 Å². The Morgan fingerprint density at radius 2 is 1.78 bits per heavy atom. The van der Waals surface area contributed by atoms with Gasteiger partial charge in [0.05, 0.1) is 0 Å². The Morgan fingerprint density at radius 3 is 2.47 bits per heavy atom. The number of benzene rings is 2. The molecule has 2 aromatic heterocycles. The van der Waals surface area contributed by atoms with Crippen molar-refractivity contribution in [2.24, 2.45) is 0 Å². The first kappa shape index (κ1) is 21.5. The minimum absolute atomic E-state index is 0.126. The molecule has 0 atom stereocenters. The highest BCUT2D eigenvalue weighted by molar-refractivity contribution is 5.91. The molecule has 0 fully saturated rings. The van der Waals surface area contributed by atoms with Crippen LogP contribution in [-0.2, 0) is 17.8 Å². The molecule has 0 aliphatic heterocycles. The van der Waals surface area contributed by atoms with Gasteiger partial charge in [-0.05, 0) is 57.4 Å². The maximum absolute atomic E-state index is 13.2. The molecular formula is C25H27N5O2. The highest BCUT2D eigenvalue weighted by Crippen LogP contribution is 2.18. The van der Waals surface area contributed by atoms with Gasteiger partial charge >= 0.3 is 0 Å². The lowest BCUT2D eigenvalue weighted by atomic mass is 10.1. The number of nitrogens with zero attached hydrogens (tertiary/aromatic N) is 4. The quantitative estimate of drug-likeness (QED) is 0.501. The molecule has 4 rings (SSSR count). The van der Waals surface area contributed by atoms with E-state index in [1.807, 2.05) is 80.8 Å². The molecule has 2 heterocycles. The Kier molecular flexibility index (Phi) is 5.90. The van der Waals surface area contributed by atoms with Gasteiger partial charge in [0.25, 0.3) is 5.56 Å². The molecule has 0 radical (unpaired) electrons. The monoisotopic (exact) mass is 429 g/mol. The number of carbonyl (C=O) groups excluding carboxylic acids is 1. The Hall–Kier alpha value is -3.74. The molecule has 2 aromatic carbocycles. The van der Waals surface area contributed by atoms with Crippen molar-refractivity contribution in [3.8, 4) is 11.4 Å². The smallest absolute Gasteiger partial charge is 0.279 e. The van der Waals surface area contributed by atoms with Crippen molar-refractivity contribution >= 4 is 17.4 Å². The summed E-state index contributed by atoms with van der Waals surface area (Å²) in [5, 5.41) is 7.41. The van der Waals surface area contributed by atoms with E-state index in [0.29, 0.717) is 30.1 Å². The van der Waals surface area contributed by atoms with Crippen molar-refractivity contribution < 1.29 is 4.79 Å². The zero-order valence-corrected chi connectivity index (χ0v) is 18.8. The van der Waals surface area contributed by atoms with E-state index in [1.54, 1.807) is 0 Å². The van der Waals surface area contributed by atoms with Crippen LogP contribution in [0.4, 0.5) is 5.69 Å². The maximum atomic E-state index is 13.2. The second-order valence-corrected chi connectivity index (χ2v) is 7.97. The number of amides is 1. The van der Waals surface area contributed by atoms with Gasteiger partial charge in [0.1, 0.15) is 0 Å². The van der Waals surface area contributed by atoms with Crippen LogP contribution < -0.4 is 10.9 Å². The normalized spacial score (nSPS) is 11.1. The van der Waals surface area contributed by atoms with Crippen LogP contribution in [0.25, 0.3) is 17.2 Å². The minimum atomic E-state index is -0.226. The van der Waals surface area contributed by atoms with Gasteiger partial charge in [0, 0.05) is 35.5 Å². The van der Waals surface area contributed by atoms with Crippen LogP contribution in [0.15, 0.2) is 53.3 Å². The Bertz CT molecular complexity index is 1350. The van der Waals surface area contributed by atoms with Crippen molar-refractivity contribution in [3.63, 3.8) is 0 Å². The summed E-state index contributed by atoms with van der Waals surface area (Å²) >= 11 is 0. The summed E-state index contributed by atoms with van der Waals surface area (Å²) < 4.78 is 3.33. The van der Waals surface area contributed by atoms with Gasteiger partial charge in [-0.25, -0.2) is 0 Å². The summed E-state index contributed by atoms with van der Waals surface area (Å²) in [4.78, 5) is 30.4. The molecule has 32 heavy (non-hydrogen) atoms. The zero-order chi connectivity index (χ0) is 22.8. The first-order valence-corrected chi connectivity index (χ1v) is 10.8. The van der Waals surface area contributed by atoms with Gasteiger partial charge in [0.15, 0.2) is 5.82 Å². The molecule has 0 saturated heterocycles. The van der Waals surface area contributed by atoms with E-state index in [2.05, 4.69) is 15.4 Å². The molecule has 0 unspecified atom stereocenters. The number of fused-ring (bicyclic) bond motifs is 1. The Labute approximate surface area is 186 Å². The molecule has 7 nitrogen and oxygen atoms in total. The molecule has 0 bridgehead atoms. The van der Waals surface area contributed by atoms with Crippen LogP contribution in [0.3, 0.4) is 0 Å². The summed E-state index contributed by atoms with van der Waals surface area (Å²) in [7, 11) is 0. The highest BCUT2D eigenvalue weighted by Gasteiger charge is 2.18. The summed E-state index contributed by atoms with van der Waals surface area (Å²) in [6, 6.07) is 15.4. The van der Waals surface area contributed by atoms with Gasteiger partial charge in [-0.15, -0.1) is 5.10 Å². The predicted octanol–water partition coefficient (Wildman–Crippen LogP) is 4.07. The van der Waals surface area contributed by atoms with Crippen LogP contribution in [-0.4, -0.2) is 25.1 Å². The molecule has 4 aromatic rings. The fourth-order valence-corrected chi connectivity index (χ4v) is 3.87. The molecule has 1 N–H and O–H groups in total. The zero-order valence-electron chi connectivity index (χ0n) is 18.8. The van der Waals surface area contributed by atoms with Gasteiger partial charge in [-0.3, -0.25) is 9.59 Å². The van der Waals surface area contributed by atoms with Crippen molar-refractivity contribution in [2.45, 2.75) is 47.1 Å². The van der Waals surface area contributed by atoms with Gasteiger partial charge in [-0.1, -0.05) is 36.4 Å². The fourth-order valence-electron chi connectivity index (χ4n) is 3.87. The molecular weight excluding hydrogens is 402 g/mol. The second kappa shape index (κ2) is 8.78. The van der Waals surface area contributed by atoms with E-state index >= 15 is 0 Å². The first-order valence-electron chi connectivity index (χ1n) is 10.8. The average Bonchev–Trinajstić information content (AvgIpc) is 3.23. The highest BCUT2D eigenvalue weighted by atomic mass is 16.1. The van der Waals surface area contributed by atoms with Gasteiger partial charge in [-0.2, -0.15) is 9.50 Å². The molecule has 0 spiro atoms. The van der Waals surface area contributed by atoms with E-state index in [0.717, 1.165) is 22.5 Å². The largest absolute Gasteiger partial charge is 0.326 e. The third kappa shape index (κ3) is 4.06. The van der Waals surface area contributed by atoms with Crippen LogP contribution in [0.2, 0.25) is 0 Å². The molecule has 1 amide bonds. The van der Waals surface area contributed by atoms with Crippen LogP contribution >= 0.6 is 0 Å². The van der Waals surface area contributed by atoms with E-state index in [4.69, 9.17) is 0 Å². The molecule has 0 saturated carbocycles. The molecule has 0 aliphatic carbocycles.